The molecule has 1 aliphatic carbocycles. The zero-order valence-corrected chi connectivity index (χ0v) is 11.7. The molecule has 0 aromatic carbocycles. The molecule has 110 valence electrons. The van der Waals surface area contributed by atoms with E-state index in [4.69, 9.17) is 9.52 Å². The Balaban J connectivity index is 1.84. The van der Waals surface area contributed by atoms with Gasteiger partial charge in [-0.1, -0.05) is 0 Å². The minimum Gasteiger partial charge on any atom is -0.475 e. The highest BCUT2D eigenvalue weighted by Crippen LogP contribution is 2.46. The number of aryl methyl sites for hydroxylation is 1. The number of β-amino-alcohol motifs (C(OH)–C–C–N with tert-alkyl or cyclic N) is 1. The van der Waals surface area contributed by atoms with Gasteiger partial charge in [0.2, 0.25) is 15.8 Å². The first-order chi connectivity index (χ1) is 9.24. The summed E-state index contributed by atoms with van der Waals surface area (Å²) in [7, 11) is -3.81. The van der Waals surface area contributed by atoms with E-state index in [9.17, 15) is 18.3 Å². The second-order valence-corrected chi connectivity index (χ2v) is 7.39. The minimum absolute atomic E-state index is 0.0456. The van der Waals surface area contributed by atoms with E-state index in [1.165, 1.54) is 6.92 Å². The normalized spacial score (nSPS) is 22.5. The zero-order chi connectivity index (χ0) is 14.7. The molecule has 0 bridgehead atoms. The molecular weight excluding hydrogens is 286 g/mol. The Bertz CT molecular complexity index is 666. The third kappa shape index (κ3) is 1.95. The number of sulfonamides is 1. The van der Waals surface area contributed by atoms with Crippen molar-refractivity contribution in [1.29, 1.82) is 0 Å². The third-order valence-corrected chi connectivity index (χ3v) is 5.84. The maximum absolute atomic E-state index is 12.4. The molecule has 20 heavy (non-hydrogen) atoms. The van der Waals surface area contributed by atoms with Crippen molar-refractivity contribution in [1.82, 2.24) is 4.31 Å². The molecule has 2 heterocycles. The van der Waals surface area contributed by atoms with Crippen LogP contribution in [0.15, 0.2) is 15.4 Å². The maximum Gasteiger partial charge on any atom is 0.371 e. The fourth-order valence-electron chi connectivity index (χ4n) is 2.58. The molecule has 2 fully saturated rings. The van der Waals surface area contributed by atoms with E-state index in [0.29, 0.717) is 0 Å². The van der Waals surface area contributed by atoms with Crippen LogP contribution in [-0.4, -0.2) is 47.6 Å². The van der Waals surface area contributed by atoms with Crippen molar-refractivity contribution >= 4 is 16.0 Å². The van der Waals surface area contributed by atoms with Crippen molar-refractivity contribution in [3.05, 3.63) is 17.6 Å². The first kappa shape index (κ1) is 13.6. The number of hydrogen-bond donors (Lipinski definition) is 2. The number of carbonyl (C=O) groups is 1. The summed E-state index contributed by atoms with van der Waals surface area (Å²) in [5.74, 6) is -1.48. The molecule has 1 aromatic rings. The van der Waals surface area contributed by atoms with Gasteiger partial charge >= 0.3 is 5.97 Å². The number of furan rings is 1. The molecule has 1 saturated heterocycles. The van der Waals surface area contributed by atoms with Gasteiger partial charge in [0.25, 0.3) is 0 Å². The summed E-state index contributed by atoms with van der Waals surface area (Å²) < 4.78 is 30.8. The second-order valence-electron chi connectivity index (χ2n) is 5.49. The lowest BCUT2D eigenvalue weighted by Crippen LogP contribution is -2.64. The van der Waals surface area contributed by atoms with Gasteiger partial charge in [0, 0.05) is 19.2 Å². The van der Waals surface area contributed by atoms with E-state index >= 15 is 0 Å². The van der Waals surface area contributed by atoms with E-state index in [1.807, 2.05) is 0 Å². The second kappa shape index (κ2) is 4.06. The standard InChI is InChI=1S/C12H15NO6S/c1-7-10(4-9(19-7)11(14)15)20(17,18)13-5-12(16,6-13)8-2-3-8/h4,8,16H,2-3,5-6H2,1H3,(H,14,15). The summed E-state index contributed by atoms with van der Waals surface area (Å²) in [5, 5.41) is 19.0. The Hall–Kier alpha value is -1.38. The number of rotatable bonds is 4. The van der Waals surface area contributed by atoms with E-state index in [0.717, 1.165) is 23.2 Å². The fourth-order valence-corrected chi connectivity index (χ4v) is 4.31. The van der Waals surface area contributed by atoms with Gasteiger partial charge in [-0.15, -0.1) is 0 Å². The average Bonchev–Trinajstić information content (AvgIpc) is 3.08. The van der Waals surface area contributed by atoms with Gasteiger partial charge < -0.3 is 14.6 Å². The number of aliphatic hydroxyl groups is 1. The quantitative estimate of drug-likeness (QED) is 0.835. The van der Waals surface area contributed by atoms with Crippen LogP contribution in [0.1, 0.15) is 29.2 Å². The topological polar surface area (TPSA) is 108 Å². The third-order valence-electron chi connectivity index (χ3n) is 3.94. The summed E-state index contributed by atoms with van der Waals surface area (Å²) in [6.07, 6.45) is 1.86. The van der Waals surface area contributed by atoms with E-state index < -0.39 is 27.4 Å². The molecule has 0 spiro atoms. The van der Waals surface area contributed by atoms with Crippen molar-refractivity contribution in [2.75, 3.05) is 13.1 Å². The number of carboxylic acid groups (broad SMARTS) is 1. The van der Waals surface area contributed by atoms with Gasteiger partial charge in [-0.3, -0.25) is 0 Å². The number of hydrogen-bond acceptors (Lipinski definition) is 5. The predicted molar refractivity (Wildman–Crippen MR) is 66.8 cm³/mol. The molecule has 2 aliphatic rings. The van der Waals surface area contributed by atoms with Crippen LogP contribution in [0.3, 0.4) is 0 Å². The van der Waals surface area contributed by atoms with Crippen molar-refractivity contribution in [2.24, 2.45) is 5.92 Å². The van der Waals surface area contributed by atoms with Gasteiger partial charge in [-0.2, -0.15) is 4.31 Å². The molecule has 2 N–H and O–H groups in total. The van der Waals surface area contributed by atoms with Gasteiger partial charge in [-0.05, 0) is 25.7 Å². The van der Waals surface area contributed by atoms with Crippen molar-refractivity contribution in [2.45, 2.75) is 30.3 Å². The van der Waals surface area contributed by atoms with Crippen LogP contribution in [-0.2, 0) is 10.0 Å². The highest BCUT2D eigenvalue weighted by molar-refractivity contribution is 7.89. The SMILES string of the molecule is Cc1oc(C(=O)O)cc1S(=O)(=O)N1CC(O)(C2CC2)C1. The van der Waals surface area contributed by atoms with Crippen molar-refractivity contribution < 1.29 is 27.8 Å². The van der Waals surface area contributed by atoms with Crippen LogP contribution >= 0.6 is 0 Å². The number of nitrogens with zero attached hydrogens (tertiary/aromatic N) is 1. The van der Waals surface area contributed by atoms with E-state index in [1.54, 1.807) is 0 Å². The molecule has 1 aliphatic heterocycles. The maximum atomic E-state index is 12.4. The fraction of sp³-hybridized carbons (Fsp3) is 0.583. The highest BCUT2D eigenvalue weighted by Gasteiger charge is 2.55. The molecular formula is C12H15NO6S. The first-order valence-electron chi connectivity index (χ1n) is 6.30. The van der Waals surface area contributed by atoms with E-state index in [-0.39, 0.29) is 29.7 Å². The molecule has 0 atom stereocenters. The lowest BCUT2D eigenvalue weighted by molar-refractivity contribution is -0.0765. The van der Waals surface area contributed by atoms with Crippen LogP contribution < -0.4 is 0 Å². The Kier molecular flexibility index (Phi) is 2.76. The van der Waals surface area contributed by atoms with E-state index in [2.05, 4.69) is 0 Å². The average molecular weight is 301 g/mol. The lowest BCUT2D eigenvalue weighted by atomic mass is 9.91. The molecule has 8 heteroatoms. The van der Waals surface area contributed by atoms with Crippen LogP contribution in [0.25, 0.3) is 0 Å². The monoisotopic (exact) mass is 301 g/mol. The van der Waals surface area contributed by atoms with Gasteiger partial charge in [0.1, 0.15) is 10.7 Å². The lowest BCUT2D eigenvalue weighted by Gasteiger charge is -2.45. The molecule has 0 amide bonds. The molecule has 7 nitrogen and oxygen atoms in total. The van der Waals surface area contributed by atoms with Crippen molar-refractivity contribution in [3.8, 4) is 0 Å². The summed E-state index contributed by atoms with van der Waals surface area (Å²) in [4.78, 5) is 10.7. The molecule has 0 radical (unpaired) electrons. The predicted octanol–water partition coefficient (Wildman–Crippen LogP) is 0.432. The van der Waals surface area contributed by atoms with Crippen molar-refractivity contribution in [3.63, 3.8) is 0 Å². The molecule has 1 aromatic heterocycles. The van der Waals surface area contributed by atoms with Gasteiger partial charge in [0.15, 0.2) is 0 Å². The van der Waals surface area contributed by atoms with Crippen LogP contribution in [0, 0.1) is 12.8 Å². The minimum atomic E-state index is -3.81. The Labute approximate surface area is 115 Å². The zero-order valence-electron chi connectivity index (χ0n) is 10.9. The summed E-state index contributed by atoms with van der Waals surface area (Å²) in [6, 6.07) is 1.02. The molecule has 3 rings (SSSR count). The Morgan fingerprint density at radius 2 is 2.05 bits per heavy atom. The van der Waals surface area contributed by atoms with Gasteiger partial charge in [0.05, 0.1) is 5.60 Å². The number of carboxylic acids is 1. The highest BCUT2D eigenvalue weighted by atomic mass is 32.2. The number of aromatic carboxylic acids is 1. The Morgan fingerprint density at radius 1 is 1.45 bits per heavy atom. The van der Waals surface area contributed by atoms with Crippen LogP contribution in [0.4, 0.5) is 0 Å². The molecule has 1 saturated carbocycles. The van der Waals surface area contributed by atoms with Crippen LogP contribution in [0.2, 0.25) is 0 Å². The Morgan fingerprint density at radius 3 is 2.50 bits per heavy atom. The summed E-state index contributed by atoms with van der Waals surface area (Å²) in [6.45, 7) is 1.53. The summed E-state index contributed by atoms with van der Waals surface area (Å²) >= 11 is 0. The largest absolute Gasteiger partial charge is 0.475 e. The molecule has 0 unspecified atom stereocenters. The van der Waals surface area contributed by atoms with Crippen LogP contribution in [0.5, 0.6) is 0 Å². The summed E-state index contributed by atoms with van der Waals surface area (Å²) in [5.41, 5.74) is -0.916. The smallest absolute Gasteiger partial charge is 0.371 e. The van der Waals surface area contributed by atoms with Gasteiger partial charge in [-0.25, -0.2) is 13.2 Å². The first-order valence-corrected chi connectivity index (χ1v) is 7.74.